The summed E-state index contributed by atoms with van der Waals surface area (Å²) in [6, 6.07) is 0. The third-order valence-electron chi connectivity index (χ3n) is 8.19. The maximum Gasteiger partial charge on any atom is 0.303 e. The average molecular weight is 535 g/mol. The molecule has 1 aliphatic rings. The van der Waals surface area contributed by atoms with E-state index in [-0.39, 0.29) is 23.2 Å². The van der Waals surface area contributed by atoms with E-state index in [0.29, 0.717) is 16.6 Å². The van der Waals surface area contributed by atoms with Crippen molar-refractivity contribution in [1.29, 1.82) is 0 Å². The van der Waals surface area contributed by atoms with Gasteiger partial charge in [0.1, 0.15) is 18.3 Å². The summed E-state index contributed by atoms with van der Waals surface area (Å²) >= 11 is 0. The monoisotopic (exact) mass is 534 g/mol. The van der Waals surface area contributed by atoms with E-state index in [1.807, 2.05) is 0 Å². The van der Waals surface area contributed by atoms with Crippen LogP contribution in [0.15, 0.2) is 0 Å². The Morgan fingerprint density at radius 1 is 0.743 bits per heavy atom. The third kappa shape index (κ3) is 6.78. The Balaban J connectivity index is 3.48. The molecule has 0 amide bonds. The second-order valence-corrected chi connectivity index (χ2v) is 23.0. The topological polar surface area (TPSA) is 94.5 Å². The number of ether oxygens (including phenoxy) is 2. The molecular weight excluding hydrogens is 480 g/mol. The second-order valence-electron chi connectivity index (χ2n) is 12.2. The Morgan fingerprint density at radius 3 is 1.49 bits per heavy atom. The molecule has 9 heteroatoms. The van der Waals surface area contributed by atoms with Crippen molar-refractivity contribution in [2.45, 2.75) is 154 Å². The Labute approximate surface area is 216 Å². The van der Waals surface area contributed by atoms with Crippen LogP contribution in [0.2, 0.25) is 33.2 Å². The predicted octanol–water partition coefficient (Wildman–Crippen LogP) is 5.75. The molecule has 2 N–H and O–H groups in total. The van der Waals surface area contributed by atoms with Gasteiger partial charge in [-0.1, -0.05) is 83.1 Å². The predicted molar refractivity (Wildman–Crippen MR) is 145 cm³/mol. The highest BCUT2D eigenvalue weighted by Gasteiger charge is 2.55. The fourth-order valence-corrected chi connectivity index (χ4v) is 17.9. The van der Waals surface area contributed by atoms with Gasteiger partial charge < -0.3 is 28.5 Å². The van der Waals surface area contributed by atoms with E-state index < -0.39 is 53.3 Å². The zero-order chi connectivity index (χ0) is 27.5. The van der Waals surface area contributed by atoms with Crippen LogP contribution in [0.5, 0.6) is 0 Å². The molecule has 7 nitrogen and oxygen atoms in total. The Hall–Kier alpha value is -0.296. The van der Waals surface area contributed by atoms with Crippen molar-refractivity contribution in [3.8, 4) is 0 Å². The largest absolute Gasteiger partial charge is 0.454 e. The van der Waals surface area contributed by atoms with Crippen LogP contribution in [0.4, 0.5) is 0 Å². The summed E-state index contributed by atoms with van der Waals surface area (Å²) in [5.41, 5.74) is 1.99. The van der Waals surface area contributed by atoms with Gasteiger partial charge in [-0.15, -0.1) is 0 Å². The third-order valence-corrected chi connectivity index (χ3v) is 20.4. The lowest BCUT2D eigenvalue weighted by molar-refractivity contribution is -0.287. The molecule has 0 aromatic heterocycles. The summed E-state index contributed by atoms with van der Waals surface area (Å²) in [6.07, 6.45) is -5.36. The summed E-state index contributed by atoms with van der Waals surface area (Å²) in [7, 11) is -4.66. The number of esters is 1. The van der Waals surface area contributed by atoms with E-state index in [0.717, 1.165) is 0 Å². The minimum Gasteiger partial charge on any atom is -0.454 e. The van der Waals surface area contributed by atoms with E-state index >= 15 is 0 Å². The van der Waals surface area contributed by atoms with Gasteiger partial charge in [-0.3, -0.25) is 4.79 Å². The molecule has 0 saturated carbocycles. The van der Waals surface area contributed by atoms with Gasteiger partial charge >= 0.3 is 5.97 Å². The molecular formula is C26H54O7Si2. The van der Waals surface area contributed by atoms with Crippen molar-refractivity contribution in [2.75, 3.05) is 6.61 Å². The zero-order valence-corrected chi connectivity index (χ0v) is 26.5. The molecule has 0 spiro atoms. The van der Waals surface area contributed by atoms with Crippen LogP contribution in [0.3, 0.4) is 0 Å². The van der Waals surface area contributed by atoms with Crippen molar-refractivity contribution in [3.05, 3.63) is 0 Å². The summed E-state index contributed by atoms with van der Waals surface area (Å²) in [5.74, 6) is -0.587. The molecule has 35 heavy (non-hydrogen) atoms. The molecule has 0 aromatic rings. The van der Waals surface area contributed by atoms with Crippen molar-refractivity contribution >= 4 is 22.6 Å². The minimum absolute atomic E-state index is 0.213. The Morgan fingerprint density at radius 2 is 1.14 bits per heavy atom. The lowest BCUT2D eigenvalue weighted by Gasteiger charge is -2.51. The molecule has 1 unspecified atom stereocenters. The van der Waals surface area contributed by atoms with Crippen molar-refractivity contribution in [3.63, 3.8) is 0 Å². The summed E-state index contributed by atoms with van der Waals surface area (Å²) in [5, 5.41) is 22.1. The molecule has 1 heterocycles. The SMILES string of the molecule is CC(=O)O[C@@H]1C(O)O[C@@H](CO[Si](C(C)C)(C(C)C)C(C)C)[C@H](O[Si](C(C)C)(C(C)C)C(C)C)[C@H]1O. The van der Waals surface area contributed by atoms with E-state index in [9.17, 15) is 15.0 Å². The highest BCUT2D eigenvalue weighted by molar-refractivity contribution is 6.78. The van der Waals surface area contributed by atoms with Gasteiger partial charge in [-0.2, -0.15) is 0 Å². The average Bonchev–Trinajstić information content (AvgIpc) is 2.69. The lowest BCUT2D eigenvalue weighted by atomic mass is 9.99. The molecule has 1 fully saturated rings. The van der Waals surface area contributed by atoms with Gasteiger partial charge in [0.15, 0.2) is 20.7 Å². The molecule has 0 aromatic carbocycles. The van der Waals surface area contributed by atoms with Crippen LogP contribution in [0, 0.1) is 0 Å². The molecule has 5 atom stereocenters. The van der Waals surface area contributed by atoms with Crippen LogP contribution in [-0.4, -0.2) is 70.1 Å². The molecule has 208 valence electrons. The fourth-order valence-electron chi connectivity index (χ4n) is 6.88. The van der Waals surface area contributed by atoms with Gasteiger partial charge in [-0.05, 0) is 33.2 Å². The summed E-state index contributed by atoms with van der Waals surface area (Å²) in [6.45, 7) is 27.9. The van der Waals surface area contributed by atoms with Crippen LogP contribution >= 0.6 is 0 Å². The lowest BCUT2D eigenvalue weighted by Crippen LogP contribution is -2.65. The normalized spacial score (nSPS) is 26.6. The first-order valence-electron chi connectivity index (χ1n) is 13.5. The smallest absolute Gasteiger partial charge is 0.303 e. The first-order chi connectivity index (χ1) is 16.0. The van der Waals surface area contributed by atoms with Crippen LogP contribution in [-0.2, 0) is 23.1 Å². The van der Waals surface area contributed by atoms with Crippen molar-refractivity contribution < 1.29 is 33.3 Å². The number of carbonyl (C=O) groups is 1. The Kier molecular flexibility index (Phi) is 12.1. The maximum absolute atomic E-state index is 11.7. The number of carbonyl (C=O) groups excluding carboxylic acids is 1. The molecule has 1 aliphatic heterocycles. The molecule has 0 radical (unpaired) electrons. The Bertz CT molecular complexity index is 623. The minimum atomic E-state index is -2.44. The van der Waals surface area contributed by atoms with Gasteiger partial charge in [0.25, 0.3) is 0 Å². The summed E-state index contributed by atoms with van der Waals surface area (Å²) in [4.78, 5) is 11.7. The summed E-state index contributed by atoms with van der Waals surface area (Å²) < 4.78 is 25.1. The molecule has 0 bridgehead atoms. The number of aliphatic hydroxyl groups is 2. The van der Waals surface area contributed by atoms with Gasteiger partial charge in [0, 0.05) is 6.92 Å². The van der Waals surface area contributed by atoms with Crippen LogP contribution in [0.1, 0.15) is 90.0 Å². The van der Waals surface area contributed by atoms with E-state index in [1.54, 1.807) is 0 Å². The molecule has 0 aliphatic carbocycles. The van der Waals surface area contributed by atoms with Gasteiger partial charge in [0.05, 0.1) is 6.61 Å². The van der Waals surface area contributed by atoms with Gasteiger partial charge in [0.2, 0.25) is 8.32 Å². The fraction of sp³-hybridized carbons (Fsp3) is 0.962. The molecule has 1 rings (SSSR count). The highest BCUT2D eigenvalue weighted by Crippen LogP contribution is 2.46. The van der Waals surface area contributed by atoms with Crippen molar-refractivity contribution in [1.82, 2.24) is 0 Å². The first-order valence-corrected chi connectivity index (χ1v) is 17.7. The van der Waals surface area contributed by atoms with Crippen LogP contribution in [0.25, 0.3) is 0 Å². The zero-order valence-electron chi connectivity index (χ0n) is 24.5. The van der Waals surface area contributed by atoms with E-state index in [2.05, 4.69) is 83.1 Å². The van der Waals surface area contributed by atoms with Gasteiger partial charge in [-0.25, -0.2) is 0 Å². The second kappa shape index (κ2) is 13.0. The number of hydrogen-bond acceptors (Lipinski definition) is 7. The van der Waals surface area contributed by atoms with E-state index in [4.69, 9.17) is 18.3 Å². The number of hydrogen-bond donors (Lipinski definition) is 2. The van der Waals surface area contributed by atoms with Crippen LogP contribution < -0.4 is 0 Å². The van der Waals surface area contributed by atoms with Crippen molar-refractivity contribution in [2.24, 2.45) is 0 Å². The highest BCUT2D eigenvalue weighted by atomic mass is 28.4. The number of rotatable bonds is 12. The first kappa shape index (κ1) is 32.7. The van der Waals surface area contributed by atoms with E-state index in [1.165, 1.54) is 6.92 Å². The quantitative estimate of drug-likeness (QED) is 0.243. The standard InChI is InChI=1S/C26H54O7Si2/c1-15(2)34(16(3)4,17(5)6)30-14-22-24(23(28)25(26(29)32-22)31-21(13)27)33-35(18(7)8,19(9)10)20(11)12/h15-20,22-26,28-29H,14H2,1-13H3/t22-,23+,24-,25-,26?/m0/s1. The molecule has 1 saturated heterocycles. The number of aliphatic hydroxyl groups excluding tert-OH is 2. The maximum atomic E-state index is 11.7.